The number of halogens is 5. The van der Waals surface area contributed by atoms with Crippen molar-refractivity contribution in [1.82, 2.24) is 25.4 Å². The van der Waals surface area contributed by atoms with Crippen LogP contribution in [0.25, 0.3) is 0 Å². The zero-order valence-electron chi connectivity index (χ0n) is 39.8. The lowest BCUT2D eigenvalue weighted by Crippen LogP contribution is -2.52. The van der Waals surface area contributed by atoms with Crippen LogP contribution in [0.1, 0.15) is 108 Å². The van der Waals surface area contributed by atoms with Gasteiger partial charge in [0.1, 0.15) is 23.3 Å². The lowest BCUT2D eigenvalue weighted by atomic mass is 9.63. The molecule has 5 amide bonds. The van der Waals surface area contributed by atoms with Crippen molar-refractivity contribution in [3.63, 3.8) is 0 Å². The molecule has 2 spiro atoms. The van der Waals surface area contributed by atoms with E-state index in [0.717, 1.165) is 49.7 Å². The van der Waals surface area contributed by atoms with Gasteiger partial charge in [-0.2, -0.15) is 13.2 Å². The Bertz CT molecular complexity index is 2870. The minimum absolute atomic E-state index is 0.0824. The van der Waals surface area contributed by atoms with Crippen LogP contribution in [0.5, 0.6) is 5.75 Å². The second-order valence-corrected chi connectivity index (χ2v) is 21.6. The summed E-state index contributed by atoms with van der Waals surface area (Å²) in [6.07, 6.45) is -0.0291. The van der Waals surface area contributed by atoms with Crippen molar-refractivity contribution in [2.45, 2.75) is 101 Å². The molecule has 19 heteroatoms. The van der Waals surface area contributed by atoms with Gasteiger partial charge in [-0.25, -0.2) is 4.39 Å². The molecule has 1 unspecified atom stereocenters. The Kier molecular flexibility index (Phi) is 12.1. The number of alkyl halides is 3. The van der Waals surface area contributed by atoms with Crippen LogP contribution in [0.2, 0.25) is 5.02 Å². The van der Waals surface area contributed by atoms with Crippen molar-refractivity contribution in [3.8, 4) is 5.75 Å². The third-order valence-electron chi connectivity index (χ3n) is 15.7. The Morgan fingerprint density at radius 1 is 0.986 bits per heavy atom. The molecular weight excluding hydrogens is 944 g/mol. The number of rotatable bonds is 8. The summed E-state index contributed by atoms with van der Waals surface area (Å²) < 4.78 is 63.8. The average molecular weight is 1000 g/mol. The van der Waals surface area contributed by atoms with Crippen LogP contribution in [0.4, 0.5) is 34.6 Å². The number of pyridine rings is 1. The highest BCUT2D eigenvalue weighted by Gasteiger charge is 2.62. The Balaban J connectivity index is 0.840. The van der Waals surface area contributed by atoms with Crippen LogP contribution in [0, 0.1) is 16.6 Å². The van der Waals surface area contributed by atoms with Gasteiger partial charge in [0.25, 0.3) is 11.8 Å². The van der Waals surface area contributed by atoms with Gasteiger partial charge in [-0.15, -0.1) is 0 Å². The molecule has 0 radical (unpaired) electrons. The molecule has 1 aromatic heterocycles. The van der Waals surface area contributed by atoms with Crippen LogP contribution in [-0.2, 0) is 32.5 Å². The molecule has 10 rings (SSSR count). The third-order valence-corrected chi connectivity index (χ3v) is 16.0. The van der Waals surface area contributed by atoms with Crippen molar-refractivity contribution in [1.29, 1.82) is 0 Å². The molecule has 374 valence electrons. The number of hydrogen-bond donors (Lipinski definition) is 4. The summed E-state index contributed by atoms with van der Waals surface area (Å²) in [4.78, 5) is 76.1. The van der Waals surface area contributed by atoms with Gasteiger partial charge < -0.3 is 35.4 Å². The smallest absolute Gasteiger partial charge is 0.433 e. The fourth-order valence-corrected chi connectivity index (χ4v) is 12.3. The van der Waals surface area contributed by atoms with Gasteiger partial charge in [0.15, 0.2) is 0 Å². The van der Waals surface area contributed by atoms with Crippen LogP contribution in [-0.4, -0.2) is 102 Å². The number of hydrogen-bond acceptors (Lipinski definition) is 10. The van der Waals surface area contributed by atoms with E-state index in [-0.39, 0.29) is 69.2 Å². The van der Waals surface area contributed by atoms with Gasteiger partial charge in [0.2, 0.25) is 17.7 Å². The summed E-state index contributed by atoms with van der Waals surface area (Å²) in [6, 6.07) is 13.8. The molecule has 7 heterocycles. The Morgan fingerprint density at radius 2 is 1.75 bits per heavy atom. The van der Waals surface area contributed by atoms with Gasteiger partial charge in [0, 0.05) is 97.3 Å². The molecule has 4 aromatic rings. The lowest BCUT2D eigenvalue weighted by molar-refractivity contribution is -0.141. The maximum absolute atomic E-state index is 16.4. The SMILES string of the molecule is COc1cc(C(=O)N2CCC3(CCN(c4ccc5c(c4)CN(C4CCC(=O)NC4=O)C5=O)CC3)C2)ccc1NC(=O)[C@@H]1N[C@@H](CC(C)(C)C)[C@@]2(CNc3cc(C(F)(F)F)ncc32)[C@H]1c1cccc(Cl)c1F. The number of carbonyl (C=O) groups excluding carboxylic acids is 5. The van der Waals surface area contributed by atoms with E-state index in [9.17, 15) is 37.1 Å². The van der Waals surface area contributed by atoms with E-state index >= 15 is 4.39 Å². The molecule has 5 atom stereocenters. The first kappa shape index (κ1) is 48.4. The fourth-order valence-electron chi connectivity index (χ4n) is 12.2. The Hall–Kier alpha value is -6.27. The molecule has 14 nitrogen and oxygen atoms in total. The minimum Gasteiger partial charge on any atom is -0.495 e. The van der Waals surface area contributed by atoms with E-state index < -0.39 is 59.0 Å². The molecule has 0 bridgehead atoms. The molecule has 4 fully saturated rings. The standard InChI is InChI=1S/C52H55ClF4N8O6/c1-49(2,3)23-40-51(26-59-36-22-39(52(55,56)57)58-24-33(36)51)42(32-6-5-7-34(53)43(32)54)44(61-40)46(68)60-35-11-8-28(21-38(35)71-4)47(69)64-19-16-50(27-64)14-17-63(18-15-50)30-9-10-31-29(20-30)25-65(48(31)70)37-12-13-41(66)62-45(37)67/h5-11,20-22,24,37,40,42,44,59,61H,12-19,23,25-27H2,1-4H3,(H,60,68)(H,62,66,67)/t37?,40-,42-,44+,51-/m0/s1. The topological polar surface area (TPSA) is 165 Å². The first-order chi connectivity index (χ1) is 33.7. The number of aromatic nitrogens is 1. The highest BCUT2D eigenvalue weighted by molar-refractivity contribution is 6.30. The van der Waals surface area contributed by atoms with Crippen LogP contribution >= 0.6 is 11.6 Å². The van der Waals surface area contributed by atoms with Gasteiger partial charge >= 0.3 is 6.18 Å². The number of nitrogens with zero attached hydrogens (tertiary/aromatic N) is 4. The van der Waals surface area contributed by atoms with Gasteiger partial charge in [-0.05, 0) is 103 Å². The van der Waals surface area contributed by atoms with E-state index in [1.54, 1.807) is 35.2 Å². The summed E-state index contributed by atoms with van der Waals surface area (Å²) in [5.41, 5.74) is 1.15. The van der Waals surface area contributed by atoms with Crippen molar-refractivity contribution in [3.05, 3.63) is 111 Å². The number of anilines is 3. The van der Waals surface area contributed by atoms with Crippen molar-refractivity contribution in [2.24, 2.45) is 10.8 Å². The summed E-state index contributed by atoms with van der Waals surface area (Å²) >= 11 is 6.38. The Morgan fingerprint density at radius 3 is 2.46 bits per heavy atom. The van der Waals surface area contributed by atoms with Crippen LogP contribution < -0.4 is 30.9 Å². The average Bonchev–Trinajstić information content (AvgIpc) is 4.09. The summed E-state index contributed by atoms with van der Waals surface area (Å²) in [7, 11) is 1.43. The van der Waals surface area contributed by atoms with Gasteiger partial charge in [0.05, 0.1) is 23.9 Å². The number of nitrogens with one attached hydrogen (secondary N) is 4. The van der Waals surface area contributed by atoms with Crippen molar-refractivity contribution >= 4 is 58.2 Å². The van der Waals surface area contributed by atoms with E-state index in [2.05, 4.69) is 31.2 Å². The molecular formula is C52H55ClF4N8O6. The zero-order chi connectivity index (χ0) is 50.4. The molecule has 4 N–H and O–H groups in total. The summed E-state index contributed by atoms with van der Waals surface area (Å²) in [5, 5.41) is 11.8. The first-order valence-electron chi connectivity index (χ1n) is 24.0. The maximum Gasteiger partial charge on any atom is 0.433 e. The molecule has 4 saturated heterocycles. The predicted octanol–water partition coefficient (Wildman–Crippen LogP) is 7.66. The van der Waals surface area contributed by atoms with E-state index in [1.807, 2.05) is 43.9 Å². The number of imide groups is 1. The molecule has 6 aliphatic heterocycles. The number of carbonyl (C=O) groups is 5. The monoisotopic (exact) mass is 998 g/mol. The van der Waals surface area contributed by atoms with Crippen LogP contribution in [0.15, 0.2) is 66.9 Å². The number of methoxy groups -OCH3 is 1. The molecule has 71 heavy (non-hydrogen) atoms. The van der Waals surface area contributed by atoms with Crippen molar-refractivity contribution < 1.29 is 46.3 Å². The largest absolute Gasteiger partial charge is 0.495 e. The number of fused-ring (bicyclic) bond motifs is 3. The van der Waals surface area contributed by atoms with Gasteiger partial charge in [-0.1, -0.05) is 44.5 Å². The number of ether oxygens (including phenoxy) is 1. The Labute approximate surface area is 413 Å². The minimum atomic E-state index is -4.70. The highest BCUT2D eigenvalue weighted by Crippen LogP contribution is 2.57. The predicted molar refractivity (Wildman–Crippen MR) is 257 cm³/mol. The van der Waals surface area contributed by atoms with E-state index in [4.69, 9.17) is 16.3 Å². The first-order valence-corrected chi connectivity index (χ1v) is 24.4. The molecule has 3 aromatic carbocycles. The van der Waals surface area contributed by atoms with Crippen LogP contribution in [0.3, 0.4) is 0 Å². The maximum atomic E-state index is 16.4. The fraction of sp³-hybridized carbons (Fsp3) is 0.462. The number of amides is 5. The molecule has 0 saturated carbocycles. The van der Waals surface area contributed by atoms with Gasteiger partial charge in [-0.3, -0.25) is 34.3 Å². The quantitative estimate of drug-likeness (QED) is 0.102. The number of piperidine rings is 2. The second-order valence-electron chi connectivity index (χ2n) is 21.2. The van der Waals surface area contributed by atoms with Crippen molar-refractivity contribution in [2.75, 3.05) is 55.4 Å². The number of benzene rings is 3. The molecule has 0 aliphatic carbocycles. The number of likely N-dealkylation sites (tertiary alicyclic amines) is 1. The highest BCUT2D eigenvalue weighted by atomic mass is 35.5. The normalized spacial score (nSPS) is 24.9. The zero-order valence-corrected chi connectivity index (χ0v) is 40.5. The second kappa shape index (κ2) is 17.8. The third kappa shape index (κ3) is 8.63. The summed E-state index contributed by atoms with van der Waals surface area (Å²) in [5.74, 6) is -3.20. The summed E-state index contributed by atoms with van der Waals surface area (Å²) in [6.45, 7) is 9.07. The molecule has 6 aliphatic rings. The van der Waals surface area contributed by atoms with E-state index in [1.165, 1.54) is 19.4 Å². The van der Waals surface area contributed by atoms with E-state index in [0.29, 0.717) is 49.2 Å². The lowest BCUT2D eigenvalue weighted by Gasteiger charge is -2.40.